The summed E-state index contributed by atoms with van der Waals surface area (Å²) in [4.78, 5) is 0. The summed E-state index contributed by atoms with van der Waals surface area (Å²) in [6.07, 6.45) is 4.76. The van der Waals surface area contributed by atoms with E-state index in [1.54, 1.807) is 12.1 Å². The zero-order chi connectivity index (χ0) is 15.2. The first-order chi connectivity index (χ1) is 10.8. The van der Waals surface area contributed by atoms with Crippen molar-refractivity contribution < 1.29 is 9.84 Å². The van der Waals surface area contributed by atoms with Gasteiger partial charge in [0, 0.05) is 12.5 Å². The monoisotopic (exact) mass is 297 g/mol. The minimum atomic E-state index is 0.0290. The highest BCUT2D eigenvalue weighted by Gasteiger charge is 2.21. The Labute approximate surface area is 131 Å². The first kappa shape index (κ1) is 14.9. The molecule has 3 nitrogen and oxygen atoms in total. The molecule has 2 atom stereocenters. The minimum Gasteiger partial charge on any atom is -0.508 e. The SMILES string of the molecule is Oc1ccc(OC(CC2CCCCN2)c2ccccc2)cc1. The fourth-order valence-corrected chi connectivity index (χ4v) is 2.99. The number of aromatic hydroxyl groups is 1. The van der Waals surface area contributed by atoms with Crippen molar-refractivity contribution in [2.45, 2.75) is 37.8 Å². The van der Waals surface area contributed by atoms with Crippen LogP contribution in [0.3, 0.4) is 0 Å². The highest BCUT2D eigenvalue weighted by molar-refractivity contribution is 5.31. The predicted octanol–water partition coefficient (Wildman–Crippen LogP) is 4.04. The third-order valence-electron chi connectivity index (χ3n) is 4.20. The van der Waals surface area contributed by atoms with Gasteiger partial charge in [0.2, 0.25) is 0 Å². The molecule has 2 unspecified atom stereocenters. The lowest BCUT2D eigenvalue weighted by atomic mass is 9.96. The predicted molar refractivity (Wildman–Crippen MR) is 88.2 cm³/mol. The topological polar surface area (TPSA) is 41.5 Å². The molecule has 116 valence electrons. The number of hydrogen-bond acceptors (Lipinski definition) is 3. The molecular weight excluding hydrogens is 274 g/mol. The van der Waals surface area contributed by atoms with Gasteiger partial charge >= 0.3 is 0 Å². The van der Waals surface area contributed by atoms with Gasteiger partial charge in [-0.1, -0.05) is 36.8 Å². The Morgan fingerprint density at radius 3 is 2.50 bits per heavy atom. The van der Waals surface area contributed by atoms with Gasteiger partial charge in [-0.3, -0.25) is 0 Å². The van der Waals surface area contributed by atoms with E-state index in [2.05, 4.69) is 29.6 Å². The Morgan fingerprint density at radius 2 is 1.82 bits per heavy atom. The van der Waals surface area contributed by atoms with Gasteiger partial charge in [0.1, 0.15) is 17.6 Å². The maximum atomic E-state index is 9.40. The Morgan fingerprint density at radius 1 is 1.05 bits per heavy atom. The van der Waals surface area contributed by atoms with E-state index in [1.165, 1.54) is 24.8 Å². The van der Waals surface area contributed by atoms with Crippen LogP contribution in [0.1, 0.15) is 37.4 Å². The average Bonchev–Trinajstić information content (AvgIpc) is 2.58. The summed E-state index contributed by atoms with van der Waals surface area (Å²) in [5.41, 5.74) is 1.20. The Bertz CT molecular complexity index is 562. The smallest absolute Gasteiger partial charge is 0.125 e. The van der Waals surface area contributed by atoms with Crippen molar-refractivity contribution in [1.82, 2.24) is 5.32 Å². The van der Waals surface area contributed by atoms with Crippen LogP contribution >= 0.6 is 0 Å². The zero-order valence-electron chi connectivity index (χ0n) is 12.7. The maximum absolute atomic E-state index is 9.40. The lowest BCUT2D eigenvalue weighted by Gasteiger charge is -2.28. The summed E-state index contributed by atoms with van der Waals surface area (Å²) in [5, 5.41) is 13.0. The molecule has 2 N–H and O–H groups in total. The standard InChI is InChI=1S/C19H23NO2/c21-17-9-11-18(12-10-17)22-19(15-6-2-1-3-7-15)14-16-8-4-5-13-20-16/h1-3,6-7,9-12,16,19-21H,4-5,8,13-14H2. The Balaban J connectivity index is 1.74. The molecule has 2 aromatic rings. The molecule has 1 saturated heterocycles. The number of ether oxygens (including phenoxy) is 1. The second-order valence-corrected chi connectivity index (χ2v) is 5.89. The van der Waals surface area contributed by atoms with Crippen molar-refractivity contribution in [2.24, 2.45) is 0 Å². The number of benzene rings is 2. The van der Waals surface area contributed by atoms with Crippen LogP contribution in [0, 0.1) is 0 Å². The van der Waals surface area contributed by atoms with E-state index in [0.717, 1.165) is 18.7 Å². The number of piperidine rings is 1. The van der Waals surface area contributed by atoms with Crippen molar-refractivity contribution in [1.29, 1.82) is 0 Å². The van der Waals surface area contributed by atoms with Gasteiger partial charge < -0.3 is 15.2 Å². The van der Waals surface area contributed by atoms with Gasteiger partial charge in [-0.25, -0.2) is 0 Å². The molecule has 0 aromatic heterocycles. The number of phenolic OH excluding ortho intramolecular Hbond substituents is 1. The van der Waals surface area contributed by atoms with Crippen LogP contribution in [-0.2, 0) is 0 Å². The van der Waals surface area contributed by atoms with Gasteiger partial charge in [-0.15, -0.1) is 0 Å². The van der Waals surface area contributed by atoms with Gasteiger partial charge in [0.05, 0.1) is 0 Å². The third kappa shape index (κ3) is 4.01. The fourth-order valence-electron chi connectivity index (χ4n) is 2.99. The third-order valence-corrected chi connectivity index (χ3v) is 4.20. The van der Waals surface area contributed by atoms with E-state index in [0.29, 0.717) is 6.04 Å². The van der Waals surface area contributed by atoms with E-state index in [9.17, 15) is 5.11 Å². The van der Waals surface area contributed by atoms with Crippen molar-refractivity contribution in [3.05, 3.63) is 60.2 Å². The molecule has 0 radical (unpaired) electrons. The Kier molecular flexibility index (Phi) is 4.96. The Hall–Kier alpha value is -2.00. The summed E-state index contributed by atoms with van der Waals surface area (Å²) in [7, 11) is 0. The second-order valence-electron chi connectivity index (χ2n) is 5.89. The van der Waals surface area contributed by atoms with Crippen LogP contribution in [0.15, 0.2) is 54.6 Å². The molecule has 0 amide bonds. The normalized spacial score (nSPS) is 19.5. The van der Waals surface area contributed by atoms with Crippen LogP contribution in [0.4, 0.5) is 0 Å². The molecule has 0 bridgehead atoms. The van der Waals surface area contributed by atoms with Crippen molar-refractivity contribution in [3.8, 4) is 11.5 Å². The van der Waals surface area contributed by atoms with Crippen molar-refractivity contribution in [2.75, 3.05) is 6.54 Å². The maximum Gasteiger partial charge on any atom is 0.125 e. The molecule has 0 aliphatic carbocycles. The first-order valence-electron chi connectivity index (χ1n) is 8.05. The van der Waals surface area contributed by atoms with E-state index in [4.69, 9.17) is 4.74 Å². The molecule has 2 aromatic carbocycles. The largest absolute Gasteiger partial charge is 0.508 e. The van der Waals surface area contributed by atoms with E-state index >= 15 is 0 Å². The van der Waals surface area contributed by atoms with Crippen molar-refractivity contribution in [3.63, 3.8) is 0 Å². The van der Waals surface area contributed by atoms with E-state index < -0.39 is 0 Å². The molecule has 3 heteroatoms. The van der Waals surface area contributed by atoms with E-state index in [1.807, 2.05) is 18.2 Å². The first-order valence-corrected chi connectivity index (χ1v) is 8.05. The van der Waals surface area contributed by atoms with Crippen LogP contribution < -0.4 is 10.1 Å². The summed E-state index contributed by atoms with van der Waals surface area (Å²) < 4.78 is 6.21. The second kappa shape index (κ2) is 7.32. The summed E-state index contributed by atoms with van der Waals surface area (Å²) in [5.74, 6) is 1.06. The average molecular weight is 297 g/mol. The van der Waals surface area contributed by atoms with Crippen LogP contribution in [-0.4, -0.2) is 17.7 Å². The molecule has 22 heavy (non-hydrogen) atoms. The van der Waals surface area contributed by atoms with E-state index in [-0.39, 0.29) is 11.9 Å². The number of hydrogen-bond donors (Lipinski definition) is 2. The number of nitrogens with one attached hydrogen (secondary N) is 1. The van der Waals surface area contributed by atoms with Gasteiger partial charge in [-0.05, 0) is 49.2 Å². The lowest BCUT2D eigenvalue weighted by Crippen LogP contribution is -2.36. The van der Waals surface area contributed by atoms with Gasteiger partial charge in [-0.2, -0.15) is 0 Å². The molecule has 1 aliphatic heterocycles. The van der Waals surface area contributed by atoms with Crippen LogP contribution in [0.25, 0.3) is 0 Å². The zero-order valence-corrected chi connectivity index (χ0v) is 12.7. The summed E-state index contributed by atoms with van der Waals surface area (Å²) in [6, 6.07) is 17.8. The fraction of sp³-hybridized carbons (Fsp3) is 0.368. The summed E-state index contributed by atoms with van der Waals surface area (Å²) >= 11 is 0. The van der Waals surface area contributed by atoms with Crippen LogP contribution in [0.5, 0.6) is 11.5 Å². The minimum absolute atomic E-state index is 0.0290. The van der Waals surface area contributed by atoms with Gasteiger partial charge in [0.15, 0.2) is 0 Å². The molecule has 1 fully saturated rings. The lowest BCUT2D eigenvalue weighted by molar-refractivity contribution is 0.169. The van der Waals surface area contributed by atoms with Gasteiger partial charge in [0.25, 0.3) is 0 Å². The molecule has 0 saturated carbocycles. The molecule has 3 rings (SSSR count). The molecular formula is C19H23NO2. The molecule has 0 spiro atoms. The highest BCUT2D eigenvalue weighted by atomic mass is 16.5. The van der Waals surface area contributed by atoms with Crippen LogP contribution in [0.2, 0.25) is 0 Å². The highest BCUT2D eigenvalue weighted by Crippen LogP contribution is 2.28. The quantitative estimate of drug-likeness (QED) is 0.875. The van der Waals surface area contributed by atoms with Crippen molar-refractivity contribution >= 4 is 0 Å². The number of phenols is 1. The number of rotatable bonds is 5. The summed E-state index contributed by atoms with van der Waals surface area (Å²) in [6.45, 7) is 1.10. The molecule has 1 heterocycles. The molecule has 1 aliphatic rings.